The fourth-order valence-corrected chi connectivity index (χ4v) is 6.20. The Morgan fingerprint density at radius 3 is 2.38 bits per heavy atom. The topological polar surface area (TPSA) is 49.4 Å². The van der Waals surface area contributed by atoms with Gasteiger partial charge in [-0.2, -0.15) is 24.9 Å². The van der Waals surface area contributed by atoms with E-state index in [2.05, 4.69) is 12.2 Å². The smallest absolute Gasteiger partial charge is 0.341 e. The number of nitrogens with zero attached hydrogens (tertiary/aromatic N) is 1. The summed E-state index contributed by atoms with van der Waals surface area (Å²) in [5, 5.41) is 2.96. The van der Waals surface area contributed by atoms with Crippen molar-refractivity contribution in [3.05, 3.63) is 71.3 Å². The molecule has 4 rings (SSSR count). The first-order valence-corrected chi connectivity index (χ1v) is 14.2. The van der Waals surface area contributed by atoms with Crippen molar-refractivity contribution < 1.29 is 22.8 Å². The Morgan fingerprint density at radius 1 is 1.05 bits per heavy atom. The Hall–Kier alpha value is -2.48. The summed E-state index contributed by atoms with van der Waals surface area (Å²) in [4.78, 5) is 27.9. The maximum absolute atomic E-state index is 13.2. The minimum atomic E-state index is -4.31. The van der Waals surface area contributed by atoms with Gasteiger partial charge in [0.1, 0.15) is 6.04 Å². The Bertz CT molecular complexity index is 1060. The molecule has 1 aliphatic carbocycles. The van der Waals surface area contributed by atoms with Gasteiger partial charge in [0.15, 0.2) is 0 Å². The fourth-order valence-electron chi connectivity index (χ4n) is 5.23. The van der Waals surface area contributed by atoms with Gasteiger partial charge in [-0.15, -0.1) is 0 Å². The van der Waals surface area contributed by atoms with Crippen LogP contribution in [0.5, 0.6) is 0 Å². The lowest BCUT2D eigenvalue weighted by Crippen LogP contribution is -2.51. The summed E-state index contributed by atoms with van der Waals surface area (Å²) in [6.07, 6.45) is 1.73. The monoisotopic (exact) mass is 532 g/mol. The van der Waals surface area contributed by atoms with Crippen LogP contribution in [-0.4, -0.2) is 47.4 Å². The molecule has 1 saturated heterocycles. The highest BCUT2D eigenvalue weighted by atomic mass is 32.2. The number of hydrogen-bond donors (Lipinski definition) is 1. The highest BCUT2D eigenvalue weighted by Crippen LogP contribution is 2.61. The van der Waals surface area contributed by atoms with Gasteiger partial charge in [0.05, 0.1) is 5.56 Å². The van der Waals surface area contributed by atoms with Gasteiger partial charge < -0.3 is 10.2 Å². The van der Waals surface area contributed by atoms with E-state index in [-0.39, 0.29) is 17.2 Å². The van der Waals surface area contributed by atoms with Gasteiger partial charge in [-0.1, -0.05) is 37.3 Å². The van der Waals surface area contributed by atoms with Crippen LogP contribution in [0.2, 0.25) is 0 Å². The van der Waals surface area contributed by atoms with Gasteiger partial charge >= 0.3 is 6.18 Å². The standard InChI is InChI=1S/C29H35F3N2O2S/c1-28(19-24(28)21-11-13-23(14-12-21)29(30,31)32)15-8-18-37-20-25(27(36)34-16-6-3-7-17-34)33-26(35)22-9-4-2-5-10-22/h2,4-5,9-14,24-25H,3,6-8,15-20H2,1H3,(H,33,35)/t24-,25-,28?/m0/s1. The van der Waals surface area contributed by atoms with Crippen LogP contribution in [0.15, 0.2) is 54.6 Å². The Morgan fingerprint density at radius 2 is 1.73 bits per heavy atom. The third-order valence-corrected chi connectivity index (χ3v) is 8.77. The van der Waals surface area contributed by atoms with Crippen LogP contribution in [0.25, 0.3) is 0 Å². The van der Waals surface area contributed by atoms with Gasteiger partial charge in [0.25, 0.3) is 5.91 Å². The average molecular weight is 533 g/mol. The van der Waals surface area contributed by atoms with E-state index in [0.29, 0.717) is 17.2 Å². The van der Waals surface area contributed by atoms with Crippen molar-refractivity contribution in [2.24, 2.45) is 5.41 Å². The summed E-state index contributed by atoms with van der Waals surface area (Å²) in [6, 6.07) is 14.0. The van der Waals surface area contributed by atoms with Crippen LogP contribution in [0.4, 0.5) is 13.2 Å². The van der Waals surface area contributed by atoms with Crippen molar-refractivity contribution in [2.75, 3.05) is 24.6 Å². The van der Waals surface area contributed by atoms with Gasteiger partial charge in [-0.25, -0.2) is 0 Å². The van der Waals surface area contributed by atoms with Crippen molar-refractivity contribution in [3.63, 3.8) is 0 Å². The molecule has 0 spiro atoms. The molecular weight excluding hydrogens is 497 g/mol. The molecule has 2 fully saturated rings. The number of benzene rings is 2. The normalized spacial score (nSPS) is 22.4. The molecular formula is C29H35F3N2O2S. The average Bonchev–Trinajstić information content (AvgIpc) is 3.59. The zero-order valence-corrected chi connectivity index (χ0v) is 22.0. The molecule has 2 aliphatic rings. The molecule has 4 nitrogen and oxygen atoms in total. The first kappa shape index (κ1) is 27.6. The lowest BCUT2D eigenvalue weighted by Gasteiger charge is -2.30. The third-order valence-electron chi connectivity index (χ3n) is 7.62. The van der Waals surface area contributed by atoms with E-state index in [4.69, 9.17) is 0 Å². The maximum atomic E-state index is 13.2. The molecule has 2 aromatic rings. The Balaban J connectivity index is 1.26. The fraction of sp³-hybridized carbons (Fsp3) is 0.517. The van der Waals surface area contributed by atoms with Crippen LogP contribution in [0, 0.1) is 5.41 Å². The number of amides is 2. The zero-order valence-electron chi connectivity index (χ0n) is 21.2. The van der Waals surface area contributed by atoms with Gasteiger partial charge in [0, 0.05) is 24.4 Å². The molecule has 200 valence electrons. The van der Waals surface area contributed by atoms with Crippen molar-refractivity contribution in [1.29, 1.82) is 0 Å². The van der Waals surface area contributed by atoms with Crippen molar-refractivity contribution in [3.8, 4) is 0 Å². The minimum Gasteiger partial charge on any atom is -0.341 e. The van der Waals surface area contributed by atoms with Gasteiger partial charge in [0.2, 0.25) is 5.91 Å². The van der Waals surface area contributed by atoms with Crippen LogP contribution in [0.1, 0.15) is 72.9 Å². The summed E-state index contributed by atoms with van der Waals surface area (Å²) < 4.78 is 38.5. The highest BCUT2D eigenvalue weighted by molar-refractivity contribution is 7.99. The highest BCUT2D eigenvalue weighted by Gasteiger charge is 2.49. The SMILES string of the molecule is CC1(CCCSC[C@H](NC(=O)c2ccccc2)C(=O)N2CCCCC2)C[C@H]1c1ccc(C(F)(F)F)cc1. The minimum absolute atomic E-state index is 0.00648. The number of hydrogen-bond acceptors (Lipinski definition) is 3. The Labute approximate surface area is 221 Å². The van der Waals surface area contributed by atoms with E-state index >= 15 is 0 Å². The molecule has 0 aromatic heterocycles. The largest absolute Gasteiger partial charge is 0.416 e. The summed E-state index contributed by atoms with van der Waals surface area (Å²) in [7, 11) is 0. The summed E-state index contributed by atoms with van der Waals surface area (Å²) >= 11 is 1.67. The number of thioether (sulfide) groups is 1. The number of alkyl halides is 3. The van der Waals surface area contributed by atoms with Crippen LogP contribution in [0.3, 0.4) is 0 Å². The molecule has 1 aliphatic heterocycles. The van der Waals surface area contributed by atoms with E-state index in [1.807, 2.05) is 23.1 Å². The predicted octanol–water partition coefficient (Wildman–Crippen LogP) is 6.52. The summed E-state index contributed by atoms with van der Waals surface area (Å²) in [5.41, 5.74) is 1.01. The lowest BCUT2D eigenvalue weighted by molar-refractivity contribution is -0.137. The summed E-state index contributed by atoms with van der Waals surface area (Å²) in [5.74, 6) is 1.43. The van der Waals surface area contributed by atoms with Gasteiger partial charge in [-0.3, -0.25) is 9.59 Å². The maximum Gasteiger partial charge on any atom is 0.416 e. The van der Waals surface area contributed by atoms with Crippen LogP contribution < -0.4 is 5.32 Å². The summed E-state index contributed by atoms with van der Waals surface area (Å²) in [6.45, 7) is 3.68. The molecule has 1 saturated carbocycles. The molecule has 0 bridgehead atoms. The van der Waals surface area contributed by atoms with Gasteiger partial charge in [-0.05, 0) is 85.4 Å². The predicted molar refractivity (Wildman–Crippen MR) is 142 cm³/mol. The van der Waals surface area contributed by atoms with E-state index in [0.717, 1.165) is 62.9 Å². The first-order chi connectivity index (χ1) is 17.7. The van der Waals surface area contributed by atoms with Crippen molar-refractivity contribution in [1.82, 2.24) is 10.2 Å². The number of halogens is 3. The molecule has 1 heterocycles. The molecule has 1 unspecified atom stereocenters. The number of piperidine rings is 1. The molecule has 3 atom stereocenters. The number of nitrogens with one attached hydrogen (secondary N) is 1. The molecule has 1 N–H and O–H groups in total. The Kier molecular flexibility index (Phi) is 8.88. The number of likely N-dealkylation sites (tertiary alicyclic amines) is 1. The zero-order chi connectivity index (χ0) is 26.5. The second-order valence-corrected chi connectivity index (χ2v) is 11.6. The molecule has 8 heteroatoms. The molecule has 0 radical (unpaired) electrons. The van der Waals surface area contributed by atoms with E-state index < -0.39 is 17.8 Å². The number of rotatable bonds is 10. The van der Waals surface area contributed by atoms with Crippen LogP contribution in [-0.2, 0) is 11.0 Å². The molecule has 37 heavy (non-hydrogen) atoms. The van der Waals surface area contributed by atoms with Crippen molar-refractivity contribution >= 4 is 23.6 Å². The third kappa shape index (κ3) is 7.30. The second-order valence-electron chi connectivity index (χ2n) is 10.5. The van der Waals surface area contributed by atoms with Crippen LogP contribution >= 0.6 is 11.8 Å². The number of carbonyl (C=O) groups is 2. The van der Waals surface area contributed by atoms with E-state index in [9.17, 15) is 22.8 Å². The van der Waals surface area contributed by atoms with E-state index in [1.165, 1.54) is 12.1 Å². The second kappa shape index (κ2) is 11.9. The first-order valence-electron chi connectivity index (χ1n) is 13.1. The lowest BCUT2D eigenvalue weighted by atomic mass is 9.96. The molecule has 2 aromatic carbocycles. The van der Waals surface area contributed by atoms with Crippen molar-refractivity contribution in [2.45, 2.75) is 63.6 Å². The molecule has 2 amide bonds. The quantitative estimate of drug-likeness (QED) is 0.354. The van der Waals surface area contributed by atoms with E-state index in [1.54, 1.807) is 36.0 Å². The number of carbonyl (C=O) groups excluding carboxylic acids is 2.